The van der Waals surface area contributed by atoms with Gasteiger partial charge in [0.15, 0.2) is 0 Å². The third kappa shape index (κ3) is 5.03. The lowest BCUT2D eigenvalue weighted by molar-refractivity contribution is -0.127. The first kappa shape index (κ1) is 24.5. The van der Waals surface area contributed by atoms with Gasteiger partial charge in [0, 0.05) is 0 Å². The van der Waals surface area contributed by atoms with Crippen molar-refractivity contribution in [2.75, 3.05) is 19.7 Å². The van der Waals surface area contributed by atoms with Crippen LogP contribution in [-0.2, 0) is 36.9 Å². The first-order chi connectivity index (χ1) is 17.4. The molecule has 3 aliphatic heterocycles. The molecule has 0 spiro atoms. The van der Waals surface area contributed by atoms with Gasteiger partial charge in [-0.15, -0.1) is 0 Å². The van der Waals surface area contributed by atoms with E-state index in [4.69, 9.17) is 23.7 Å². The van der Waals surface area contributed by atoms with E-state index in [1.54, 1.807) is 0 Å². The largest absolute Gasteiger partial charge is 0.445 e. The number of nitrogens with zero attached hydrogens (tertiary/aromatic N) is 1. The normalized spacial score (nSPS) is 30.6. The Kier molecular flexibility index (Phi) is 6.85. The molecule has 0 saturated carbocycles. The number of rotatable bonds is 8. The fraction of sp³-hybridized carbons (Fsp3) is 0.462. The average molecular weight is 498 g/mol. The molecule has 2 amide bonds. The molecule has 2 aromatic carbocycles. The summed E-state index contributed by atoms with van der Waals surface area (Å²) in [7, 11) is 0. The van der Waals surface area contributed by atoms with E-state index in [-0.39, 0.29) is 32.5 Å². The van der Waals surface area contributed by atoms with Gasteiger partial charge in [-0.1, -0.05) is 60.7 Å². The second-order valence-corrected chi connectivity index (χ2v) is 9.63. The summed E-state index contributed by atoms with van der Waals surface area (Å²) in [6.45, 7) is 4.88. The molecule has 2 aromatic rings. The highest BCUT2D eigenvalue weighted by Crippen LogP contribution is 2.48. The summed E-state index contributed by atoms with van der Waals surface area (Å²) in [5.41, 5.74) is 0.149. The van der Waals surface area contributed by atoms with Crippen LogP contribution in [0.1, 0.15) is 25.0 Å². The predicted molar refractivity (Wildman–Crippen MR) is 127 cm³/mol. The van der Waals surface area contributed by atoms with E-state index in [1.807, 2.05) is 79.4 Å². The monoisotopic (exact) mass is 497 g/mol. The number of hydrogen-bond donors (Lipinski definition) is 2. The molecule has 0 unspecified atom stereocenters. The smallest absolute Gasteiger partial charge is 0.407 e. The number of alkyl carbamates (subject to hydrolysis) is 2. The van der Waals surface area contributed by atoms with Crippen molar-refractivity contribution < 1.29 is 33.3 Å². The molecule has 10 nitrogen and oxygen atoms in total. The fourth-order valence-corrected chi connectivity index (χ4v) is 4.84. The minimum absolute atomic E-state index is 0.180. The maximum absolute atomic E-state index is 12.3. The molecule has 192 valence electrons. The molecule has 3 fully saturated rings. The maximum Gasteiger partial charge on any atom is 0.407 e. The van der Waals surface area contributed by atoms with Gasteiger partial charge in [0.25, 0.3) is 0 Å². The van der Waals surface area contributed by atoms with Gasteiger partial charge in [0.1, 0.15) is 43.1 Å². The van der Waals surface area contributed by atoms with E-state index in [0.717, 1.165) is 11.1 Å². The van der Waals surface area contributed by atoms with Crippen LogP contribution in [0.3, 0.4) is 0 Å². The second kappa shape index (κ2) is 10.1. The Morgan fingerprint density at radius 1 is 0.833 bits per heavy atom. The van der Waals surface area contributed by atoms with Crippen molar-refractivity contribution in [2.45, 2.75) is 56.9 Å². The minimum atomic E-state index is -0.829. The van der Waals surface area contributed by atoms with Gasteiger partial charge in [-0.05, 0) is 25.0 Å². The van der Waals surface area contributed by atoms with Crippen molar-refractivity contribution in [3.8, 4) is 0 Å². The van der Waals surface area contributed by atoms with Crippen molar-refractivity contribution in [3.05, 3.63) is 71.8 Å². The number of benzene rings is 2. The Labute approximate surface area is 209 Å². The number of amides is 2. The molecule has 36 heavy (non-hydrogen) atoms. The van der Waals surface area contributed by atoms with Crippen molar-refractivity contribution in [1.29, 1.82) is 0 Å². The van der Waals surface area contributed by atoms with Gasteiger partial charge in [-0.25, -0.2) is 14.5 Å². The number of carbonyl (C=O) groups excluding carboxylic acids is 2. The minimum Gasteiger partial charge on any atom is -0.445 e. The maximum atomic E-state index is 12.3. The SMILES string of the molecule is C[C@@]1(CNC(=O)OCc2ccccc2)O[C@H]2CO[C@@H]3N2[C@H]1O[C@@]3(C)CNC(=O)OCc1ccccc1. The van der Waals surface area contributed by atoms with Gasteiger partial charge in [-0.3, -0.25) is 0 Å². The van der Waals surface area contributed by atoms with E-state index in [0.29, 0.717) is 6.61 Å². The molecule has 2 N–H and O–H groups in total. The molecular weight excluding hydrogens is 466 g/mol. The van der Waals surface area contributed by atoms with Crippen LogP contribution < -0.4 is 10.6 Å². The Bertz CT molecular complexity index is 1010. The molecule has 0 aliphatic carbocycles. The molecular formula is C26H31N3O7. The molecule has 5 rings (SSSR count). The van der Waals surface area contributed by atoms with Gasteiger partial charge < -0.3 is 34.3 Å². The molecule has 3 saturated heterocycles. The van der Waals surface area contributed by atoms with Crippen LogP contribution in [0.25, 0.3) is 0 Å². The van der Waals surface area contributed by atoms with Crippen LogP contribution in [0.2, 0.25) is 0 Å². The Balaban J connectivity index is 1.14. The molecule has 5 atom stereocenters. The van der Waals surface area contributed by atoms with E-state index in [2.05, 4.69) is 10.6 Å². The lowest BCUT2D eigenvalue weighted by atomic mass is 10.1. The zero-order valence-corrected chi connectivity index (χ0v) is 20.3. The number of ether oxygens (including phenoxy) is 5. The van der Waals surface area contributed by atoms with E-state index in [9.17, 15) is 9.59 Å². The number of hydrogen-bond acceptors (Lipinski definition) is 8. The summed E-state index contributed by atoms with van der Waals surface area (Å²) in [6, 6.07) is 18.9. The summed E-state index contributed by atoms with van der Waals surface area (Å²) in [5, 5.41) is 5.59. The van der Waals surface area contributed by atoms with Crippen molar-refractivity contribution in [3.63, 3.8) is 0 Å². The zero-order valence-electron chi connectivity index (χ0n) is 20.3. The van der Waals surface area contributed by atoms with Crippen LogP contribution in [0.4, 0.5) is 9.59 Å². The second-order valence-electron chi connectivity index (χ2n) is 9.63. The van der Waals surface area contributed by atoms with Gasteiger partial charge >= 0.3 is 12.2 Å². The van der Waals surface area contributed by atoms with Crippen LogP contribution in [-0.4, -0.2) is 66.7 Å². The fourth-order valence-electron chi connectivity index (χ4n) is 4.84. The lowest BCUT2D eigenvalue weighted by Gasteiger charge is -2.32. The average Bonchev–Trinajstić information content (AvgIpc) is 3.53. The molecule has 3 heterocycles. The van der Waals surface area contributed by atoms with E-state index >= 15 is 0 Å². The van der Waals surface area contributed by atoms with Crippen LogP contribution in [0.15, 0.2) is 60.7 Å². The number of nitrogens with one attached hydrogen (secondary N) is 2. The molecule has 0 aromatic heterocycles. The quantitative estimate of drug-likeness (QED) is 0.573. The highest BCUT2D eigenvalue weighted by atomic mass is 16.7. The van der Waals surface area contributed by atoms with Gasteiger partial charge in [0.05, 0.1) is 19.7 Å². The molecule has 3 aliphatic rings. The molecule has 0 radical (unpaired) electrons. The Morgan fingerprint density at radius 3 is 1.86 bits per heavy atom. The Morgan fingerprint density at radius 2 is 1.33 bits per heavy atom. The Hall–Kier alpha value is -3.18. The summed E-state index contributed by atoms with van der Waals surface area (Å²) in [6.07, 6.45) is -2.26. The summed E-state index contributed by atoms with van der Waals surface area (Å²) in [4.78, 5) is 26.6. The molecule has 0 bridgehead atoms. The third-order valence-electron chi connectivity index (χ3n) is 6.69. The lowest BCUT2D eigenvalue weighted by Crippen LogP contribution is -2.51. The van der Waals surface area contributed by atoms with Crippen molar-refractivity contribution in [1.82, 2.24) is 15.5 Å². The summed E-state index contributed by atoms with van der Waals surface area (Å²) >= 11 is 0. The van der Waals surface area contributed by atoms with Gasteiger partial charge in [-0.2, -0.15) is 0 Å². The first-order valence-electron chi connectivity index (χ1n) is 12.0. The van der Waals surface area contributed by atoms with Crippen molar-refractivity contribution >= 4 is 12.2 Å². The van der Waals surface area contributed by atoms with Crippen LogP contribution in [0, 0.1) is 0 Å². The highest BCUT2D eigenvalue weighted by molar-refractivity contribution is 5.67. The highest BCUT2D eigenvalue weighted by Gasteiger charge is 2.67. The zero-order chi connectivity index (χ0) is 25.2. The van der Waals surface area contributed by atoms with Crippen molar-refractivity contribution in [2.24, 2.45) is 0 Å². The summed E-state index contributed by atoms with van der Waals surface area (Å²) in [5.74, 6) is 0. The third-order valence-corrected chi connectivity index (χ3v) is 6.69. The van der Waals surface area contributed by atoms with Crippen LogP contribution >= 0.6 is 0 Å². The topological polar surface area (TPSA) is 108 Å². The summed E-state index contributed by atoms with van der Waals surface area (Å²) < 4.78 is 29.2. The number of carbonyl (C=O) groups is 2. The predicted octanol–water partition coefficient (Wildman–Crippen LogP) is 2.73. The standard InChI is InChI=1S/C26H31N3O7/c1-25(16-27-23(30)33-13-18-9-5-3-6-10-18)21-29-20(15-32-21)35-26(2,22(29)36-25)17-28-24(31)34-14-19-11-7-4-8-12-19/h3-12,20-22H,13-17H2,1-2H3,(H,27,30)(H,28,31)/t20-,21-,22-,25-,26-/m0/s1. The van der Waals surface area contributed by atoms with E-state index < -0.39 is 35.8 Å². The van der Waals surface area contributed by atoms with Gasteiger partial charge in [0.2, 0.25) is 0 Å². The van der Waals surface area contributed by atoms with E-state index in [1.165, 1.54) is 0 Å². The first-order valence-corrected chi connectivity index (χ1v) is 12.0. The molecule has 10 heteroatoms. The van der Waals surface area contributed by atoms with Crippen LogP contribution in [0.5, 0.6) is 0 Å².